The number of hydrogen-bond acceptors (Lipinski definition) is 2. The number of carbonyl (C=O) groups excluding carboxylic acids is 2. The van der Waals surface area contributed by atoms with Gasteiger partial charge >= 0.3 is 0 Å². The number of amides is 2. The van der Waals surface area contributed by atoms with Crippen molar-refractivity contribution in [2.24, 2.45) is 23.2 Å². The van der Waals surface area contributed by atoms with Crippen molar-refractivity contribution in [1.82, 2.24) is 10.9 Å². The van der Waals surface area contributed by atoms with Gasteiger partial charge in [-0.25, -0.2) is 4.39 Å². The molecule has 0 unspecified atom stereocenters. The molecule has 5 heteroatoms. The van der Waals surface area contributed by atoms with E-state index in [2.05, 4.69) is 10.9 Å². The average Bonchev–Trinajstić information content (AvgIpc) is 2.57. The van der Waals surface area contributed by atoms with Crippen LogP contribution in [0, 0.1) is 29.0 Å². The second kappa shape index (κ2) is 7.01. The molecule has 0 saturated heterocycles. The van der Waals surface area contributed by atoms with Gasteiger partial charge in [-0.05, 0) is 79.7 Å². The van der Waals surface area contributed by atoms with Gasteiger partial charge < -0.3 is 0 Å². The fraction of sp³-hybridized carbons (Fsp3) is 0.619. The summed E-state index contributed by atoms with van der Waals surface area (Å²) in [5.41, 5.74) is 5.75. The summed E-state index contributed by atoms with van der Waals surface area (Å²) in [5.74, 6) is 1.75. The molecule has 4 saturated carbocycles. The van der Waals surface area contributed by atoms with E-state index in [1.807, 2.05) is 0 Å². The van der Waals surface area contributed by atoms with Crippen LogP contribution in [0.1, 0.15) is 56.9 Å². The van der Waals surface area contributed by atoms with Crippen molar-refractivity contribution in [2.75, 3.05) is 0 Å². The molecule has 26 heavy (non-hydrogen) atoms. The quantitative estimate of drug-likeness (QED) is 0.792. The third-order valence-electron chi connectivity index (χ3n) is 6.62. The number of carbonyl (C=O) groups is 2. The number of rotatable bonds is 5. The Morgan fingerprint density at radius 1 is 0.962 bits per heavy atom. The van der Waals surface area contributed by atoms with Crippen molar-refractivity contribution in [3.05, 3.63) is 35.6 Å². The van der Waals surface area contributed by atoms with E-state index in [4.69, 9.17) is 0 Å². The highest BCUT2D eigenvalue weighted by Gasteiger charge is 2.51. The van der Waals surface area contributed by atoms with E-state index in [1.165, 1.54) is 44.6 Å². The molecule has 4 fully saturated rings. The molecular formula is C21H27FN2O2. The second-order valence-corrected chi connectivity index (χ2v) is 8.78. The van der Waals surface area contributed by atoms with Crippen LogP contribution in [0.5, 0.6) is 0 Å². The largest absolute Gasteiger partial charge is 0.273 e. The standard InChI is InChI=1S/C21H27FN2O2/c22-18-4-2-1-3-17(18)5-6-19(25)23-24-20(26)13-21-10-14-7-15(11-21)9-16(8-14)12-21/h1-4,14-16H,5-13H2,(H,23,25)(H,24,26). The lowest BCUT2D eigenvalue weighted by molar-refractivity contribution is -0.134. The van der Waals surface area contributed by atoms with E-state index < -0.39 is 0 Å². The van der Waals surface area contributed by atoms with E-state index in [1.54, 1.807) is 18.2 Å². The van der Waals surface area contributed by atoms with Gasteiger partial charge in [0.1, 0.15) is 5.82 Å². The number of aryl methyl sites for hydroxylation is 1. The van der Waals surface area contributed by atoms with Crippen LogP contribution in [0.15, 0.2) is 24.3 Å². The highest BCUT2D eigenvalue weighted by Crippen LogP contribution is 2.61. The summed E-state index contributed by atoms with van der Waals surface area (Å²) in [6.07, 6.45) is 8.58. The zero-order valence-electron chi connectivity index (χ0n) is 15.1. The lowest BCUT2D eigenvalue weighted by atomic mass is 9.49. The number of halogens is 1. The monoisotopic (exact) mass is 358 g/mol. The highest BCUT2D eigenvalue weighted by atomic mass is 19.1. The lowest BCUT2D eigenvalue weighted by Gasteiger charge is -2.56. The third kappa shape index (κ3) is 3.76. The molecule has 1 aromatic rings. The minimum absolute atomic E-state index is 0.0915. The van der Waals surface area contributed by atoms with Gasteiger partial charge in [-0.3, -0.25) is 20.4 Å². The first-order valence-electron chi connectivity index (χ1n) is 9.82. The molecule has 4 bridgehead atoms. The molecular weight excluding hydrogens is 331 g/mol. The van der Waals surface area contributed by atoms with Crippen molar-refractivity contribution in [1.29, 1.82) is 0 Å². The maximum absolute atomic E-state index is 13.6. The van der Waals surface area contributed by atoms with E-state index in [0.29, 0.717) is 18.4 Å². The third-order valence-corrected chi connectivity index (χ3v) is 6.62. The Bertz CT molecular complexity index is 668. The fourth-order valence-corrected chi connectivity index (χ4v) is 6.04. The van der Waals surface area contributed by atoms with Gasteiger partial charge in [0.15, 0.2) is 0 Å². The summed E-state index contributed by atoms with van der Waals surface area (Å²) in [4.78, 5) is 24.3. The number of nitrogens with one attached hydrogen (secondary N) is 2. The van der Waals surface area contributed by atoms with Gasteiger partial charge in [-0.1, -0.05) is 18.2 Å². The number of hydrazine groups is 1. The van der Waals surface area contributed by atoms with Crippen LogP contribution < -0.4 is 10.9 Å². The van der Waals surface area contributed by atoms with E-state index in [-0.39, 0.29) is 29.5 Å². The van der Waals surface area contributed by atoms with Crippen LogP contribution in [-0.2, 0) is 16.0 Å². The maximum atomic E-state index is 13.6. The second-order valence-electron chi connectivity index (χ2n) is 8.78. The van der Waals surface area contributed by atoms with Gasteiger partial charge in [0, 0.05) is 12.8 Å². The SMILES string of the molecule is O=C(CCc1ccccc1F)NNC(=O)CC12CC3CC(CC(C3)C1)C2. The Balaban J connectivity index is 1.23. The molecule has 2 N–H and O–H groups in total. The molecule has 4 aliphatic carbocycles. The Morgan fingerprint density at radius 2 is 1.54 bits per heavy atom. The molecule has 140 valence electrons. The minimum atomic E-state index is -0.300. The Kier molecular flexibility index (Phi) is 4.72. The van der Waals surface area contributed by atoms with Crippen LogP contribution >= 0.6 is 0 Å². The van der Waals surface area contributed by atoms with Crippen LogP contribution in [0.4, 0.5) is 4.39 Å². The van der Waals surface area contributed by atoms with Crippen molar-refractivity contribution in [3.63, 3.8) is 0 Å². The molecule has 0 heterocycles. The summed E-state index contributed by atoms with van der Waals surface area (Å²) in [7, 11) is 0. The molecule has 1 aromatic carbocycles. The number of benzene rings is 1. The molecule has 0 aromatic heterocycles. The summed E-state index contributed by atoms with van der Waals surface area (Å²) in [5, 5.41) is 0. The van der Waals surface area contributed by atoms with Crippen LogP contribution in [0.2, 0.25) is 0 Å². The molecule has 0 spiro atoms. The molecule has 0 atom stereocenters. The molecule has 5 rings (SSSR count). The first-order valence-corrected chi connectivity index (χ1v) is 9.82. The fourth-order valence-electron chi connectivity index (χ4n) is 6.04. The van der Waals surface area contributed by atoms with Crippen molar-refractivity contribution in [3.8, 4) is 0 Å². The van der Waals surface area contributed by atoms with Crippen molar-refractivity contribution in [2.45, 2.75) is 57.8 Å². The van der Waals surface area contributed by atoms with Gasteiger partial charge in [0.05, 0.1) is 0 Å². The molecule has 4 nitrogen and oxygen atoms in total. The molecule has 0 radical (unpaired) electrons. The van der Waals surface area contributed by atoms with Gasteiger partial charge in [-0.15, -0.1) is 0 Å². The first kappa shape index (κ1) is 17.5. The van der Waals surface area contributed by atoms with Gasteiger partial charge in [0.25, 0.3) is 0 Å². The predicted molar refractivity (Wildman–Crippen MR) is 96.2 cm³/mol. The zero-order chi connectivity index (χ0) is 18.1. The summed E-state index contributed by atoms with van der Waals surface area (Å²) in [6.45, 7) is 0. The van der Waals surface area contributed by atoms with Gasteiger partial charge in [-0.2, -0.15) is 0 Å². The smallest absolute Gasteiger partial charge is 0.238 e. The summed E-state index contributed by atoms with van der Waals surface area (Å²) >= 11 is 0. The average molecular weight is 358 g/mol. The predicted octanol–water partition coefficient (Wildman–Crippen LogP) is 3.51. The molecule has 0 aliphatic heterocycles. The van der Waals surface area contributed by atoms with Crippen molar-refractivity contribution >= 4 is 11.8 Å². The Morgan fingerprint density at radius 3 is 2.15 bits per heavy atom. The molecule has 2 amide bonds. The van der Waals surface area contributed by atoms with Crippen LogP contribution in [0.25, 0.3) is 0 Å². The highest BCUT2D eigenvalue weighted by molar-refractivity contribution is 5.82. The van der Waals surface area contributed by atoms with Crippen molar-refractivity contribution < 1.29 is 14.0 Å². The summed E-state index contributed by atoms with van der Waals surface area (Å²) < 4.78 is 13.6. The van der Waals surface area contributed by atoms with E-state index in [9.17, 15) is 14.0 Å². The normalized spacial score (nSPS) is 31.7. The zero-order valence-corrected chi connectivity index (χ0v) is 15.1. The minimum Gasteiger partial charge on any atom is -0.273 e. The van der Waals surface area contributed by atoms with E-state index in [0.717, 1.165) is 17.8 Å². The Hall–Kier alpha value is -1.91. The lowest BCUT2D eigenvalue weighted by Crippen LogP contribution is -2.50. The Labute approximate surface area is 153 Å². The van der Waals surface area contributed by atoms with Crippen LogP contribution in [-0.4, -0.2) is 11.8 Å². The maximum Gasteiger partial charge on any atom is 0.238 e. The first-order chi connectivity index (χ1) is 12.5. The summed E-state index contributed by atoms with van der Waals surface area (Å²) in [6, 6.07) is 6.45. The topological polar surface area (TPSA) is 58.2 Å². The molecule has 4 aliphatic rings. The van der Waals surface area contributed by atoms with E-state index >= 15 is 0 Å². The number of hydrogen-bond donors (Lipinski definition) is 2. The van der Waals surface area contributed by atoms with Gasteiger partial charge in [0.2, 0.25) is 11.8 Å². The van der Waals surface area contributed by atoms with Crippen LogP contribution in [0.3, 0.4) is 0 Å².